The first-order chi connectivity index (χ1) is 10.2. The largest absolute Gasteiger partial charge is 0.481 e. The van der Waals surface area contributed by atoms with Crippen molar-refractivity contribution < 1.29 is 14.3 Å². The molecule has 0 atom stereocenters. The molecule has 0 saturated carbocycles. The van der Waals surface area contributed by atoms with Gasteiger partial charge in [0.25, 0.3) is 0 Å². The number of benzene rings is 1. The van der Waals surface area contributed by atoms with Crippen LogP contribution in [-0.2, 0) is 11.3 Å². The smallest absolute Gasteiger partial charge is 0.338 e. The first kappa shape index (κ1) is 14.8. The molecule has 0 bridgehead atoms. The standard InChI is InChI=1S/C15H17N3O3/c1-20-14-8-11(15(19)21-2)7-13(18-14)17-12-5-3-4-10(6-12)9-16/h3-8H,9,16H2,1-2H3,(H,17,18). The number of rotatable bonds is 5. The van der Waals surface area contributed by atoms with Crippen LogP contribution in [0, 0.1) is 0 Å². The fraction of sp³-hybridized carbons (Fsp3) is 0.200. The van der Waals surface area contributed by atoms with Crippen molar-refractivity contribution in [3.63, 3.8) is 0 Å². The Morgan fingerprint density at radius 1 is 1.29 bits per heavy atom. The lowest BCUT2D eigenvalue weighted by Crippen LogP contribution is -2.05. The molecule has 2 aromatic rings. The zero-order valence-electron chi connectivity index (χ0n) is 11.9. The van der Waals surface area contributed by atoms with Gasteiger partial charge in [-0.15, -0.1) is 0 Å². The lowest BCUT2D eigenvalue weighted by molar-refractivity contribution is 0.0600. The Morgan fingerprint density at radius 3 is 2.76 bits per heavy atom. The van der Waals surface area contributed by atoms with Crippen molar-refractivity contribution in [3.05, 3.63) is 47.5 Å². The normalized spacial score (nSPS) is 10.0. The number of carbonyl (C=O) groups excluding carboxylic acids is 1. The summed E-state index contributed by atoms with van der Waals surface area (Å²) in [5.41, 5.74) is 7.80. The molecule has 110 valence electrons. The molecule has 6 heteroatoms. The van der Waals surface area contributed by atoms with E-state index in [9.17, 15) is 4.79 Å². The molecule has 0 unspecified atom stereocenters. The van der Waals surface area contributed by atoms with E-state index in [1.807, 2.05) is 24.3 Å². The average Bonchev–Trinajstić information content (AvgIpc) is 2.53. The second-order valence-electron chi connectivity index (χ2n) is 4.30. The highest BCUT2D eigenvalue weighted by Crippen LogP contribution is 2.21. The van der Waals surface area contributed by atoms with E-state index in [1.54, 1.807) is 6.07 Å². The van der Waals surface area contributed by atoms with Crippen LogP contribution in [0.2, 0.25) is 0 Å². The number of ether oxygens (including phenoxy) is 2. The van der Waals surface area contributed by atoms with E-state index < -0.39 is 5.97 Å². The highest BCUT2D eigenvalue weighted by atomic mass is 16.5. The predicted octanol–water partition coefficient (Wildman–Crippen LogP) is 2.08. The number of anilines is 2. The van der Waals surface area contributed by atoms with Crippen molar-refractivity contribution in [1.29, 1.82) is 0 Å². The molecular formula is C15H17N3O3. The van der Waals surface area contributed by atoms with Gasteiger partial charge in [0.15, 0.2) is 0 Å². The number of pyridine rings is 1. The maximum absolute atomic E-state index is 11.6. The third-order valence-electron chi connectivity index (χ3n) is 2.87. The Morgan fingerprint density at radius 2 is 2.10 bits per heavy atom. The minimum atomic E-state index is -0.450. The highest BCUT2D eigenvalue weighted by molar-refractivity contribution is 5.90. The summed E-state index contributed by atoms with van der Waals surface area (Å²) in [6, 6.07) is 10.8. The minimum Gasteiger partial charge on any atom is -0.481 e. The van der Waals surface area contributed by atoms with Gasteiger partial charge in [-0.1, -0.05) is 12.1 Å². The summed E-state index contributed by atoms with van der Waals surface area (Å²) >= 11 is 0. The van der Waals surface area contributed by atoms with Gasteiger partial charge < -0.3 is 20.5 Å². The van der Waals surface area contributed by atoms with E-state index in [1.165, 1.54) is 20.3 Å². The molecule has 0 aliphatic rings. The quantitative estimate of drug-likeness (QED) is 0.819. The lowest BCUT2D eigenvalue weighted by atomic mass is 10.2. The van der Waals surface area contributed by atoms with E-state index in [0.29, 0.717) is 23.8 Å². The molecule has 21 heavy (non-hydrogen) atoms. The Balaban J connectivity index is 2.32. The molecule has 0 radical (unpaired) electrons. The number of carbonyl (C=O) groups is 1. The minimum absolute atomic E-state index is 0.329. The van der Waals surface area contributed by atoms with Crippen LogP contribution in [0.15, 0.2) is 36.4 Å². The molecule has 0 fully saturated rings. The number of methoxy groups -OCH3 is 2. The van der Waals surface area contributed by atoms with E-state index in [4.69, 9.17) is 15.2 Å². The van der Waals surface area contributed by atoms with Crippen LogP contribution in [0.5, 0.6) is 5.88 Å². The van der Waals surface area contributed by atoms with Crippen LogP contribution in [0.3, 0.4) is 0 Å². The van der Waals surface area contributed by atoms with Gasteiger partial charge in [0.2, 0.25) is 5.88 Å². The summed E-state index contributed by atoms with van der Waals surface area (Å²) in [7, 11) is 2.81. The van der Waals surface area contributed by atoms with Gasteiger partial charge in [-0.25, -0.2) is 4.79 Å². The van der Waals surface area contributed by atoms with Gasteiger partial charge in [0, 0.05) is 18.3 Å². The topological polar surface area (TPSA) is 86.5 Å². The van der Waals surface area contributed by atoms with Crippen LogP contribution in [-0.4, -0.2) is 25.2 Å². The lowest BCUT2D eigenvalue weighted by Gasteiger charge is -2.10. The Bertz CT molecular complexity index is 644. The van der Waals surface area contributed by atoms with E-state index in [-0.39, 0.29) is 0 Å². The van der Waals surface area contributed by atoms with Crippen LogP contribution in [0.1, 0.15) is 15.9 Å². The van der Waals surface area contributed by atoms with Crippen molar-refractivity contribution in [3.8, 4) is 5.88 Å². The number of esters is 1. The van der Waals surface area contributed by atoms with E-state index in [0.717, 1.165) is 11.3 Å². The second-order valence-corrected chi connectivity index (χ2v) is 4.30. The summed E-state index contributed by atoms with van der Waals surface area (Å²) in [6.45, 7) is 0.453. The monoisotopic (exact) mass is 287 g/mol. The second kappa shape index (κ2) is 6.71. The third-order valence-corrected chi connectivity index (χ3v) is 2.87. The summed E-state index contributed by atoms with van der Waals surface area (Å²) in [4.78, 5) is 15.9. The SMILES string of the molecule is COC(=O)c1cc(Nc2cccc(CN)c2)nc(OC)c1. The van der Waals surface area contributed by atoms with E-state index in [2.05, 4.69) is 10.3 Å². The van der Waals surface area contributed by atoms with Gasteiger partial charge in [-0.3, -0.25) is 0 Å². The zero-order valence-corrected chi connectivity index (χ0v) is 11.9. The summed E-state index contributed by atoms with van der Waals surface area (Å²) in [5, 5.41) is 3.12. The number of hydrogen-bond acceptors (Lipinski definition) is 6. The molecule has 2 rings (SSSR count). The maximum Gasteiger partial charge on any atom is 0.338 e. The van der Waals surface area contributed by atoms with Crippen LogP contribution in [0.25, 0.3) is 0 Å². The molecule has 1 aromatic carbocycles. The number of nitrogens with one attached hydrogen (secondary N) is 1. The molecule has 1 aromatic heterocycles. The fourth-order valence-electron chi connectivity index (χ4n) is 1.83. The average molecular weight is 287 g/mol. The summed E-state index contributed by atoms with van der Waals surface area (Å²) < 4.78 is 9.80. The van der Waals surface area contributed by atoms with E-state index >= 15 is 0 Å². The number of nitrogens with zero attached hydrogens (tertiary/aromatic N) is 1. The van der Waals surface area contributed by atoms with Crippen LogP contribution >= 0.6 is 0 Å². The number of nitrogens with two attached hydrogens (primary N) is 1. The molecule has 0 spiro atoms. The molecule has 0 amide bonds. The first-order valence-corrected chi connectivity index (χ1v) is 6.36. The van der Waals surface area contributed by atoms with Crippen LogP contribution < -0.4 is 15.8 Å². The van der Waals surface area contributed by atoms with Gasteiger partial charge in [0.1, 0.15) is 5.82 Å². The van der Waals surface area contributed by atoms with Gasteiger partial charge >= 0.3 is 5.97 Å². The molecule has 0 aliphatic heterocycles. The fourth-order valence-corrected chi connectivity index (χ4v) is 1.83. The predicted molar refractivity (Wildman–Crippen MR) is 79.7 cm³/mol. The Labute approximate surface area is 122 Å². The maximum atomic E-state index is 11.6. The molecule has 6 nitrogen and oxygen atoms in total. The van der Waals surface area contributed by atoms with Crippen molar-refractivity contribution in [1.82, 2.24) is 4.98 Å². The number of hydrogen-bond donors (Lipinski definition) is 2. The molecular weight excluding hydrogens is 270 g/mol. The highest BCUT2D eigenvalue weighted by Gasteiger charge is 2.10. The Kier molecular flexibility index (Phi) is 4.73. The molecule has 0 aliphatic carbocycles. The molecule has 3 N–H and O–H groups in total. The van der Waals surface area contributed by atoms with Crippen molar-refractivity contribution in [2.75, 3.05) is 19.5 Å². The molecule has 0 saturated heterocycles. The van der Waals surface area contributed by atoms with Crippen LogP contribution in [0.4, 0.5) is 11.5 Å². The number of aromatic nitrogens is 1. The summed E-state index contributed by atoms with van der Waals surface area (Å²) in [6.07, 6.45) is 0. The van der Waals surface area contributed by atoms with Crippen molar-refractivity contribution >= 4 is 17.5 Å². The Hall–Kier alpha value is -2.60. The molecule has 1 heterocycles. The first-order valence-electron chi connectivity index (χ1n) is 6.36. The van der Waals surface area contributed by atoms with Gasteiger partial charge in [-0.05, 0) is 23.8 Å². The van der Waals surface area contributed by atoms with Gasteiger partial charge in [0.05, 0.1) is 19.8 Å². The third kappa shape index (κ3) is 3.70. The zero-order chi connectivity index (χ0) is 15.2. The summed E-state index contributed by atoms with van der Waals surface area (Å²) in [5.74, 6) is 0.369. The van der Waals surface area contributed by atoms with Crippen molar-refractivity contribution in [2.45, 2.75) is 6.54 Å². The van der Waals surface area contributed by atoms with Gasteiger partial charge in [-0.2, -0.15) is 4.98 Å². The van der Waals surface area contributed by atoms with Crippen molar-refractivity contribution in [2.24, 2.45) is 5.73 Å².